The summed E-state index contributed by atoms with van der Waals surface area (Å²) in [6, 6.07) is 6.83. The van der Waals surface area contributed by atoms with Crippen molar-refractivity contribution >= 4 is 40.0 Å². The number of ether oxygens (including phenoxy) is 2. The molecule has 3 aromatic rings. The van der Waals surface area contributed by atoms with Crippen LogP contribution in [0.2, 0.25) is 0 Å². The molecule has 5 rings (SSSR count). The molecule has 1 N–H and O–H groups in total. The van der Waals surface area contributed by atoms with Gasteiger partial charge in [-0.15, -0.1) is 10.2 Å². The Kier molecular flexibility index (Phi) is 10.3. The molecule has 3 atom stereocenters. The Hall–Kier alpha value is -4.84. The van der Waals surface area contributed by atoms with Gasteiger partial charge in [0.05, 0.1) is 18.6 Å². The number of benzene rings is 1. The van der Waals surface area contributed by atoms with Crippen LogP contribution in [0, 0.1) is 11.8 Å². The summed E-state index contributed by atoms with van der Waals surface area (Å²) in [5.41, 5.74) is -0.850. The minimum absolute atomic E-state index is 0.0714. The minimum atomic E-state index is -3.65. The maximum atomic E-state index is 13.6. The molecule has 51 heavy (non-hydrogen) atoms. The topological polar surface area (TPSA) is 208 Å². The fraction of sp³-hybridized carbons (Fsp3) is 0.545. The molecule has 0 bridgehead atoms. The zero-order valence-electron chi connectivity index (χ0n) is 29.8. The second-order valence-corrected chi connectivity index (χ2v) is 16.3. The monoisotopic (exact) mass is 729 g/mol. The highest BCUT2D eigenvalue weighted by molar-refractivity contribution is 7.86. The SMILES string of the molecule is CN(Cc1ccc(-c2nnc(-c3nc(N4C[C@@H]5CCC(OS(C)(=O)=O)[C@@H]5C4)cnc3N(C(=O)OC(C)(C)C)C(=O)OC(C)(C)C)o2)cc1)C(=O)O. The first-order valence-electron chi connectivity index (χ1n) is 16.3. The summed E-state index contributed by atoms with van der Waals surface area (Å²) in [6.07, 6.45) is 0.152. The van der Waals surface area contributed by atoms with Gasteiger partial charge in [0.25, 0.3) is 16.0 Å². The Bertz CT molecular complexity index is 1860. The van der Waals surface area contributed by atoms with Crippen LogP contribution in [0.15, 0.2) is 34.9 Å². The van der Waals surface area contributed by atoms with Crippen molar-refractivity contribution in [3.05, 3.63) is 36.0 Å². The normalized spacial score (nSPS) is 19.1. The van der Waals surface area contributed by atoms with Gasteiger partial charge in [0.15, 0.2) is 11.5 Å². The molecule has 1 aliphatic carbocycles. The van der Waals surface area contributed by atoms with Crippen LogP contribution >= 0.6 is 0 Å². The van der Waals surface area contributed by atoms with Gasteiger partial charge in [0, 0.05) is 38.2 Å². The van der Waals surface area contributed by atoms with Gasteiger partial charge in [-0.05, 0) is 78.0 Å². The van der Waals surface area contributed by atoms with Crippen LogP contribution in [0.1, 0.15) is 59.9 Å². The van der Waals surface area contributed by atoms with Crippen LogP contribution in [-0.4, -0.2) is 101 Å². The standard InChI is InChI=1S/C33H43N7O10S/c1-32(2,3)48-30(43)40(31(44)49-33(4,5)6)26-25(28-37-36-27(47-28)20-11-9-19(10-12-20)16-38(7)29(41)42)35-24(15-34-26)39-17-21-13-14-23(22(21)18-39)50-51(8,45)46/h9-12,15,21-23H,13-14,16-18H2,1-8H3,(H,41,42)/t21-,22+,23?/m0/s1. The number of aromatic nitrogens is 4. The molecule has 1 aromatic carbocycles. The molecular formula is C33H43N7O10S. The van der Waals surface area contributed by atoms with Crippen molar-refractivity contribution in [2.75, 3.05) is 36.2 Å². The second kappa shape index (κ2) is 14.1. The first-order chi connectivity index (χ1) is 23.7. The van der Waals surface area contributed by atoms with E-state index in [9.17, 15) is 27.9 Å². The predicted molar refractivity (Wildman–Crippen MR) is 183 cm³/mol. The van der Waals surface area contributed by atoms with Gasteiger partial charge in [-0.25, -0.2) is 24.4 Å². The van der Waals surface area contributed by atoms with Crippen LogP contribution < -0.4 is 9.80 Å². The van der Waals surface area contributed by atoms with Crippen molar-refractivity contribution in [1.29, 1.82) is 0 Å². The first-order valence-corrected chi connectivity index (χ1v) is 18.1. The second-order valence-electron chi connectivity index (χ2n) is 14.7. The summed E-state index contributed by atoms with van der Waals surface area (Å²) in [5, 5.41) is 17.6. The molecule has 0 spiro atoms. The lowest BCUT2D eigenvalue weighted by molar-refractivity contribution is 0.0428. The molecule has 0 radical (unpaired) electrons. The van der Waals surface area contributed by atoms with Gasteiger partial charge in [-0.3, -0.25) is 4.18 Å². The summed E-state index contributed by atoms with van der Waals surface area (Å²) >= 11 is 0. The molecule has 1 saturated carbocycles. The Labute approximate surface area is 296 Å². The Morgan fingerprint density at radius 2 is 1.57 bits per heavy atom. The lowest BCUT2D eigenvalue weighted by Crippen LogP contribution is -2.44. The van der Waals surface area contributed by atoms with Crippen LogP contribution in [0.5, 0.6) is 0 Å². The zero-order valence-corrected chi connectivity index (χ0v) is 30.6. The van der Waals surface area contributed by atoms with E-state index in [-0.39, 0.29) is 41.7 Å². The van der Waals surface area contributed by atoms with Gasteiger partial charge >= 0.3 is 18.3 Å². The minimum Gasteiger partial charge on any atom is -0.465 e. The molecule has 2 fully saturated rings. The van der Waals surface area contributed by atoms with E-state index in [1.54, 1.807) is 65.8 Å². The molecule has 18 heteroatoms. The highest BCUT2D eigenvalue weighted by Crippen LogP contribution is 2.42. The molecule has 2 aliphatic rings. The van der Waals surface area contributed by atoms with E-state index in [1.165, 1.54) is 13.2 Å². The summed E-state index contributed by atoms with van der Waals surface area (Å²) in [4.78, 5) is 51.5. The molecule has 276 valence electrons. The summed E-state index contributed by atoms with van der Waals surface area (Å²) in [5.74, 6) is 0.0778. The number of fused-ring (bicyclic) bond motifs is 1. The maximum absolute atomic E-state index is 13.6. The number of imide groups is 1. The average Bonchev–Trinajstić information content (AvgIpc) is 3.73. The highest BCUT2D eigenvalue weighted by Gasteiger charge is 2.45. The summed E-state index contributed by atoms with van der Waals surface area (Å²) < 4.78 is 46.4. The van der Waals surface area contributed by atoms with Gasteiger partial charge in [0.2, 0.25) is 5.89 Å². The largest absolute Gasteiger partial charge is 0.465 e. The molecule has 17 nitrogen and oxygen atoms in total. The molecule has 1 unspecified atom stereocenters. The third kappa shape index (κ3) is 9.29. The average molecular weight is 730 g/mol. The van der Waals surface area contributed by atoms with Gasteiger partial charge in [-0.1, -0.05) is 12.1 Å². The fourth-order valence-corrected chi connectivity index (χ4v) is 6.66. The van der Waals surface area contributed by atoms with Crippen LogP contribution in [0.4, 0.5) is 26.0 Å². The Morgan fingerprint density at radius 1 is 0.961 bits per heavy atom. The quantitative estimate of drug-likeness (QED) is 0.297. The molecule has 3 heterocycles. The van der Waals surface area contributed by atoms with E-state index in [4.69, 9.17) is 23.1 Å². The maximum Gasteiger partial charge on any atom is 0.425 e. The van der Waals surface area contributed by atoms with E-state index in [0.717, 1.165) is 23.1 Å². The Morgan fingerprint density at radius 3 is 2.14 bits per heavy atom. The van der Waals surface area contributed by atoms with Crippen molar-refractivity contribution in [2.45, 2.75) is 78.2 Å². The van der Waals surface area contributed by atoms with E-state index < -0.39 is 45.7 Å². The molecule has 2 aromatic heterocycles. The van der Waals surface area contributed by atoms with Gasteiger partial charge in [-0.2, -0.15) is 13.3 Å². The smallest absolute Gasteiger partial charge is 0.425 e. The van der Waals surface area contributed by atoms with Crippen LogP contribution in [0.25, 0.3) is 23.0 Å². The first kappa shape index (κ1) is 37.4. The molecule has 1 aliphatic heterocycles. The summed E-state index contributed by atoms with van der Waals surface area (Å²) in [7, 11) is -2.19. The van der Waals surface area contributed by atoms with Crippen molar-refractivity contribution in [3.63, 3.8) is 0 Å². The number of carbonyl (C=O) groups is 3. The number of anilines is 2. The van der Waals surface area contributed by atoms with E-state index in [2.05, 4.69) is 15.2 Å². The molecule has 1 saturated heterocycles. The lowest BCUT2D eigenvalue weighted by atomic mass is 10.00. The third-order valence-electron chi connectivity index (χ3n) is 8.09. The van der Waals surface area contributed by atoms with Crippen molar-refractivity contribution in [3.8, 4) is 23.0 Å². The summed E-state index contributed by atoms with van der Waals surface area (Å²) in [6.45, 7) is 11.0. The van der Waals surface area contributed by atoms with Crippen LogP contribution in [0.3, 0.4) is 0 Å². The van der Waals surface area contributed by atoms with E-state index in [1.807, 2.05) is 4.90 Å². The van der Waals surface area contributed by atoms with Crippen LogP contribution in [-0.2, 0) is 30.3 Å². The van der Waals surface area contributed by atoms with Crippen molar-refractivity contribution in [1.82, 2.24) is 25.1 Å². The zero-order chi connectivity index (χ0) is 37.5. The lowest BCUT2D eigenvalue weighted by Gasteiger charge is -2.28. The molecular weight excluding hydrogens is 686 g/mol. The van der Waals surface area contributed by atoms with Crippen molar-refractivity contribution in [2.24, 2.45) is 11.8 Å². The van der Waals surface area contributed by atoms with E-state index >= 15 is 0 Å². The van der Waals surface area contributed by atoms with Gasteiger partial charge < -0.3 is 28.8 Å². The fourth-order valence-electron chi connectivity index (χ4n) is 5.97. The number of rotatable bonds is 8. The third-order valence-corrected chi connectivity index (χ3v) is 8.69. The Balaban J connectivity index is 1.55. The number of carboxylic acid groups (broad SMARTS) is 1. The highest BCUT2D eigenvalue weighted by atomic mass is 32.2. The number of hydrogen-bond donors (Lipinski definition) is 1. The van der Waals surface area contributed by atoms with E-state index in [0.29, 0.717) is 35.8 Å². The number of nitrogens with zero attached hydrogens (tertiary/aromatic N) is 7. The predicted octanol–water partition coefficient (Wildman–Crippen LogP) is 5.17. The molecule has 3 amide bonds. The van der Waals surface area contributed by atoms with Gasteiger partial charge in [0.1, 0.15) is 17.0 Å². The number of amides is 3. The van der Waals surface area contributed by atoms with Crippen molar-refractivity contribution < 1.29 is 46.0 Å². The number of hydrogen-bond acceptors (Lipinski definition) is 14. The number of carbonyl (C=O) groups excluding carboxylic acids is 2.